The number of hydrogen-bond donors (Lipinski definition) is 2. The molecule has 110 valence electrons. The summed E-state index contributed by atoms with van der Waals surface area (Å²) in [5, 5.41) is 12.8. The monoisotopic (exact) mass is 285 g/mol. The third-order valence-corrected chi connectivity index (χ3v) is 3.52. The summed E-state index contributed by atoms with van der Waals surface area (Å²) in [6, 6.07) is 14.7. The lowest BCUT2D eigenvalue weighted by molar-refractivity contribution is -0.142. The third kappa shape index (κ3) is 3.16. The summed E-state index contributed by atoms with van der Waals surface area (Å²) in [6.07, 6.45) is 0. The lowest BCUT2D eigenvalue weighted by Gasteiger charge is -2.28. The van der Waals surface area contributed by atoms with Gasteiger partial charge in [-0.05, 0) is 43.7 Å². The van der Waals surface area contributed by atoms with Gasteiger partial charge in [-0.15, -0.1) is 0 Å². The van der Waals surface area contributed by atoms with Crippen LogP contribution in [0.2, 0.25) is 0 Å². The van der Waals surface area contributed by atoms with Crippen LogP contribution in [0.15, 0.2) is 48.5 Å². The molecule has 0 saturated carbocycles. The predicted octanol–water partition coefficient (Wildman–Crippen LogP) is 3.42. The maximum atomic E-state index is 11.8. The maximum Gasteiger partial charge on any atom is 0.333 e. The minimum atomic E-state index is -1.23. The van der Waals surface area contributed by atoms with Crippen molar-refractivity contribution < 1.29 is 14.6 Å². The Morgan fingerprint density at radius 1 is 1.19 bits per heavy atom. The lowest BCUT2D eigenvalue weighted by atomic mass is 9.91. The first kappa shape index (κ1) is 14.9. The lowest BCUT2D eigenvalue weighted by Crippen LogP contribution is -2.40. The summed E-state index contributed by atoms with van der Waals surface area (Å²) in [4.78, 5) is 11.8. The summed E-state index contributed by atoms with van der Waals surface area (Å²) < 4.78 is 5.17. The molecular weight excluding hydrogens is 266 g/mol. The molecule has 1 unspecified atom stereocenters. The molecular formula is C17H19NO3. The topological polar surface area (TPSA) is 58.6 Å². The number of carboxylic acid groups (broad SMARTS) is 1. The van der Waals surface area contributed by atoms with E-state index in [-0.39, 0.29) is 0 Å². The van der Waals surface area contributed by atoms with Crippen LogP contribution in [0, 0.1) is 6.92 Å². The van der Waals surface area contributed by atoms with Gasteiger partial charge >= 0.3 is 5.97 Å². The highest BCUT2D eigenvalue weighted by atomic mass is 16.5. The summed E-state index contributed by atoms with van der Waals surface area (Å²) in [7, 11) is 1.56. The van der Waals surface area contributed by atoms with Crippen molar-refractivity contribution >= 4 is 11.7 Å². The molecule has 0 saturated heterocycles. The Morgan fingerprint density at radius 2 is 1.86 bits per heavy atom. The van der Waals surface area contributed by atoms with E-state index in [0.29, 0.717) is 11.3 Å². The molecule has 2 aromatic rings. The largest absolute Gasteiger partial charge is 0.497 e. The predicted molar refractivity (Wildman–Crippen MR) is 82.8 cm³/mol. The van der Waals surface area contributed by atoms with Crippen LogP contribution < -0.4 is 10.1 Å². The van der Waals surface area contributed by atoms with Crippen molar-refractivity contribution in [2.75, 3.05) is 12.4 Å². The van der Waals surface area contributed by atoms with Crippen LogP contribution in [0.25, 0.3) is 0 Å². The van der Waals surface area contributed by atoms with Crippen molar-refractivity contribution in [1.29, 1.82) is 0 Å². The van der Waals surface area contributed by atoms with E-state index in [0.717, 1.165) is 11.3 Å². The molecule has 0 radical (unpaired) electrons. The highest BCUT2D eigenvalue weighted by Crippen LogP contribution is 2.29. The van der Waals surface area contributed by atoms with E-state index >= 15 is 0 Å². The number of rotatable bonds is 5. The molecule has 2 N–H and O–H groups in total. The fourth-order valence-corrected chi connectivity index (χ4v) is 2.11. The summed E-state index contributed by atoms with van der Waals surface area (Å²) in [5.74, 6) is -0.318. The number of hydrogen-bond acceptors (Lipinski definition) is 3. The van der Waals surface area contributed by atoms with Gasteiger partial charge in [0.05, 0.1) is 7.11 Å². The molecule has 0 fully saturated rings. The first-order valence-electron chi connectivity index (χ1n) is 6.68. The molecule has 1 atom stereocenters. The average Bonchev–Trinajstić information content (AvgIpc) is 2.49. The number of anilines is 1. The Kier molecular flexibility index (Phi) is 4.17. The van der Waals surface area contributed by atoms with Crippen molar-refractivity contribution in [3.05, 3.63) is 59.7 Å². The average molecular weight is 285 g/mol. The molecule has 0 aliphatic carbocycles. The minimum Gasteiger partial charge on any atom is -0.497 e. The van der Waals surface area contributed by atoms with Gasteiger partial charge in [-0.25, -0.2) is 4.79 Å². The van der Waals surface area contributed by atoms with Gasteiger partial charge in [-0.3, -0.25) is 0 Å². The van der Waals surface area contributed by atoms with E-state index in [2.05, 4.69) is 5.32 Å². The standard InChI is InChI=1S/C17H19NO3/c1-12-7-9-14(10-8-12)18-17(2,16(19)20)13-5-4-6-15(11-13)21-3/h4-11,18H,1-3H3,(H,19,20). The van der Waals surface area contributed by atoms with E-state index in [9.17, 15) is 9.90 Å². The molecule has 0 aliphatic rings. The van der Waals surface area contributed by atoms with Crippen LogP contribution in [0.5, 0.6) is 5.75 Å². The van der Waals surface area contributed by atoms with Gasteiger partial charge in [0.2, 0.25) is 0 Å². The molecule has 2 rings (SSSR count). The van der Waals surface area contributed by atoms with Crippen LogP contribution in [0.1, 0.15) is 18.1 Å². The summed E-state index contributed by atoms with van der Waals surface area (Å²) >= 11 is 0. The third-order valence-electron chi connectivity index (χ3n) is 3.52. The van der Waals surface area contributed by atoms with E-state index in [1.54, 1.807) is 38.3 Å². The van der Waals surface area contributed by atoms with Crippen molar-refractivity contribution in [2.45, 2.75) is 19.4 Å². The van der Waals surface area contributed by atoms with Crippen molar-refractivity contribution in [3.8, 4) is 5.75 Å². The van der Waals surface area contributed by atoms with Crippen LogP contribution in [0.4, 0.5) is 5.69 Å². The Bertz CT molecular complexity index is 637. The van der Waals surface area contributed by atoms with E-state index in [4.69, 9.17) is 4.74 Å². The second-order valence-corrected chi connectivity index (χ2v) is 5.15. The molecule has 0 amide bonds. The normalized spacial score (nSPS) is 13.3. The molecule has 2 aromatic carbocycles. The number of ether oxygens (including phenoxy) is 1. The molecule has 21 heavy (non-hydrogen) atoms. The Morgan fingerprint density at radius 3 is 2.43 bits per heavy atom. The molecule has 0 bridgehead atoms. The van der Waals surface area contributed by atoms with Crippen molar-refractivity contribution in [2.24, 2.45) is 0 Å². The number of nitrogens with one attached hydrogen (secondary N) is 1. The number of aryl methyl sites for hydroxylation is 1. The van der Waals surface area contributed by atoms with Crippen LogP contribution in [0.3, 0.4) is 0 Å². The number of carbonyl (C=O) groups is 1. The molecule has 0 heterocycles. The number of benzene rings is 2. The summed E-state index contributed by atoms with van der Waals surface area (Å²) in [5.41, 5.74) is 1.28. The van der Waals surface area contributed by atoms with Crippen molar-refractivity contribution in [3.63, 3.8) is 0 Å². The highest BCUT2D eigenvalue weighted by molar-refractivity contribution is 5.84. The zero-order valence-corrected chi connectivity index (χ0v) is 12.4. The second-order valence-electron chi connectivity index (χ2n) is 5.15. The van der Waals surface area contributed by atoms with Gasteiger partial charge < -0.3 is 15.2 Å². The Balaban J connectivity index is 2.39. The minimum absolute atomic E-state index is 0.630. The van der Waals surface area contributed by atoms with Crippen LogP contribution in [-0.4, -0.2) is 18.2 Å². The van der Waals surface area contributed by atoms with Gasteiger partial charge in [0, 0.05) is 5.69 Å². The molecule has 4 heteroatoms. The number of carboxylic acids is 1. The second kappa shape index (κ2) is 5.87. The van der Waals surface area contributed by atoms with E-state index in [1.165, 1.54) is 0 Å². The van der Waals surface area contributed by atoms with Gasteiger partial charge in [0.15, 0.2) is 5.54 Å². The van der Waals surface area contributed by atoms with Crippen LogP contribution >= 0.6 is 0 Å². The maximum absolute atomic E-state index is 11.8. The summed E-state index contributed by atoms with van der Waals surface area (Å²) in [6.45, 7) is 3.63. The first-order valence-corrected chi connectivity index (χ1v) is 6.68. The SMILES string of the molecule is COc1cccc(C(C)(Nc2ccc(C)cc2)C(=O)O)c1. The zero-order valence-electron chi connectivity index (χ0n) is 12.4. The van der Waals surface area contributed by atoms with Crippen LogP contribution in [-0.2, 0) is 10.3 Å². The van der Waals surface area contributed by atoms with Gasteiger partial charge in [-0.1, -0.05) is 29.8 Å². The number of aliphatic carboxylic acids is 1. The quantitative estimate of drug-likeness (QED) is 0.883. The fraction of sp³-hybridized carbons (Fsp3) is 0.235. The molecule has 4 nitrogen and oxygen atoms in total. The van der Waals surface area contributed by atoms with E-state index in [1.807, 2.05) is 31.2 Å². The fourth-order valence-electron chi connectivity index (χ4n) is 2.11. The van der Waals surface area contributed by atoms with Gasteiger partial charge in [0.25, 0.3) is 0 Å². The number of methoxy groups -OCH3 is 1. The Labute approximate surface area is 124 Å². The van der Waals surface area contributed by atoms with E-state index < -0.39 is 11.5 Å². The van der Waals surface area contributed by atoms with Crippen molar-refractivity contribution in [1.82, 2.24) is 0 Å². The van der Waals surface area contributed by atoms with Gasteiger partial charge in [-0.2, -0.15) is 0 Å². The molecule has 0 spiro atoms. The smallest absolute Gasteiger partial charge is 0.333 e. The molecule has 0 aliphatic heterocycles. The first-order chi connectivity index (χ1) is 9.95. The molecule has 0 aromatic heterocycles. The van der Waals surface area contributed by atoms with Gasteiger partial charge in [0.1, 0.15) is 5.75 Å². The zero-order chi connectivity index (χ0) is 15.5. The highest BCUT2D eigenvalue weighted by Gasteiger charge is 2.35. The Hall–Kier alpha value is -2.49.